The predicted octanol–water partition coefficient (Wildman–Crippen LogP) is 2.40. The summed E-state index contributed by atoms with van der Waals surface area (Å²) in [4.78, 5) is 16.5. The molecule has 1 aromatic carbocycles. The number of hydrogen-bond donors (Lipinski definition) is 1. The van der Waals surface area contributed by atoms with E-state index in [9.17, 15) is 4.79 Å². The van der Waals surface area contributed by atoms with E-state index < -0.39 is 0 Å². The lowest BCUT2D eigenvalue weighted by Crippen LogP contribution is -2.30. The Balaban J connectivity index is 1.36. The van der Waals surface area contributed by atoms with Crippen molar-refractivity contribution < 1.29 is 14.3 Å². The minimum absolute atomic E-state index is 0.0730. The average Bonchev–Trinajstić information content (AvgIpc) is 3.33. The number of pyridine rings is 1. The molecule has 0 spiro atoms. The first kappa shape index (κ1) is 18.3. The number of nitrogens with zero attached hydrogens (tertiary/aromatic N) is 4. The second-order valence-electron chi connectivity index (χ2n) is 6.27. The summed E-state index contributed by atoms with van der Waals surface area (Å²) < 4.78 is 12.5. The van der Waals surface area contributed by atoms with Crippen molar-refractivity contribution in [3.05, 3.63) is 48.3 Å². The lowest BCUT2D eigenvalue weighted by molar-refractivity contribution is -0.120. The van der Waals surface area contributed by atoms with Gasteiger partial charge in [0.25, 0.3) is 0 Å². The summed E-state index contributed by atoms with van der Waals surface area (Å²) in [5.74, 6) is 2.09. The van der Waals surface area contributed by atoms with Gasteiger partial charge in [-0.15, -0.1) is 10.2 Å². The molecule has 2 aromatic heterocycles. The number of benzene rings is 1. The number of amides is 1. The zero-order chi connectivity index (χ0) is 19.5. The lowest BCUT2D eigenvalue weighted by Gasteiger charge is -2.12. The quantitative estimate of drug-likeness (QED) is 0.639. The molecular formula is C19H19N5O3S. The van der Waals surface area contributed by atoms with Gasteiger partial charge in [-0.05, 0) is 36.8 Å². The van der Waals surface area contributed by atoms with E-state index in [0.29, 0.717) is 17.5 Å². The van der Waals surface area contributed by atoms with Gasteiger partial charge >= 0.3 is 0 Å². The van der Waals surface area contributed by atoms with E-state index in [2.05, 4.69) is 20.5 Å². The van der Waals surface area contributed by atoms with E-state index in [0.717, 1.165) is 22.7 Å². The minimum atomic E-state index is -0.317. The molecule has 0 fully saturated rings. The van der Waals surface area contributed by atoms with E-state index in [1.807, 2.05) is 48.9 Å². The van der Waals surface area contributed by atoms with Crippen LogP contribution in [0.3, 0.4) is 0 Å². The molecule has 3 aromatic rings. The van der Waals surface area contributed by atoms with Gasteiger partial charge < -0.3 is 19.4 Å². The van der Waals surface area contributed by atoms with Crippen LogP contribution in [-0.4, -0.2) is 37.7 Å². The third-order valence-electron chi connectivity index (χ3n) is 4.33. The number of fused-ring (bicyclic) bond motifs is 1. The van der Waals surface area contributed by atoms with Crippen LogP contribution in [-0.2, 0) is 18.4 Å². The van der Waals surface area contributed by atoms with Crippen molar-refractivity contribution >= 4 is 17.7 Å². The van der Waals surface area contributed by atoms with Crippen LogP contribution in [0.25, 0.3) is 11.4 Å². The molecule has 1 aliphatic heterocycles. The first-order chi connectivity index (χ1) is 13.6. The average molecular weight is 397 g/mol. The SMILES string of the molecule is CC(Sc1nnc(-c2ccncc2)n1C)C(=O)NCc1ccc2c(c1)OCO2. The monoisotopic (exact) mass is 397 g/mol. The Morgan fingerprint density at radius 3 is 2.82 bits per heavy atom. The van der Waals surface area contributed by atoms with Crippen molar-refractivity contribution in [2.45, 2.75) is 23.9 Å². The van der Waals surface area contributed by atoms with Gasteiger partial charge in [0.05, 0.1) is 5.25 Å². The number of hydrogen-bond acceptors (Lipinski definition) is 7. The molecular weight excluding hydrogens is 378 g/mol. The number of carbonyl (C=O) groups excluding carboxylic acids is 1. The first-order valence-electron chi connectivity index (χ1n) is 8.74. The normalized spacial score (nSPS) is 13.4. The summed E-state index contributed by atoms with van der Waals surface area (Å²) in [6, 6.07) is 9.39. The Morgan fingerprint density at radius 2 is 2.00 bits per heavy atom. The van der Waals surface area contributed by atoms with Crippen molar-refractivity contribution in [3.63, 3.8) is 0 Å². The second kappa shape index (κ2) is 7.89. The summed E-state index contributed by atoms with van der Waals surface area (Å²) in [5.41, 5.74) is 1.88. The number of thioether (sulfide) groups is 1. The van der Waals surface area contributed by atoms with Gasteiger partial charge in [0.15, 0.2) is 22.5 Å². The van der Waals surface area contributed by atoms with Gasteiger partial charge in [-0.2, -0.15) is 0 Å². The number of ether oxygens (including phenoxy) is 2. The summed E-state index contributed by atoms with van der Waals surface area (Å²) in [5, 5.41) is 11.8. The third kappa shape index (κ3) is 3.79. The fraction of sp³-hybridized carbons (Fsp3) is 0.263. The Morgan fingerprint density at radius 1 is 1.21 bits per heavy atom. The van der Waals surface area contributed by atoms with Crippen molar-refractivity contribution in [1.82, 2.24) is 25.1 Å². The van der Waals surface area contributed by atoms with Gasteiger partial charge in [0.2, 0.25) is 12.7 Å². The molecule has 144 valence electrons. The van der Waals surface area contributed by atoms with Crippen LogP contribution in [0.4, 0.5) is 0 Å². The van der Waals surface area contributed by atoms with Gasteiger partial charge in [-0.1, -0.05) is 17.8 Å². The van der Waals surface area contributed by atoms with Crippen molar-refractivity contribution in [1.29, 1.82) is 0 Å². The molecule has 4 rings (SSSR count). The summed E-state index contributed by atoms with van der Waals surface area (Å²) in [6.07, 6.45) is 3.42. The highest BCUT2D eigenvalue weighted by atomic mass is 32.2. The Bertz CT molecular complexity index is 992. The van der Waals surface area contributed by atoms with Crippen LogP contribution < -0.4 is 14.8 Å². The van der Waals surface area contributed by atoms with Crippen LogP contribution in [0.1, 0.15) is 12.5 Å². The maximum absolute atomic E-state index is 12.5. The fourth-order valence-corrected chi connectivity index (χ4v) is 3.60. The second-order valence-corrected chi connectivity index (χ2v) is 7.57. The van der Waals surface area contributed by atoms with Gasteiger partial charge in [-0.25, -0.2) is 0 Å². The van der Waals surface area contributed by atoms with Gasteiger partial charge in [0, 0.05) is 31.5 Å². The first-order valence-corrected chi connectivity index (χ1v) is 9.62. The number of rotatable bonds is 6. The van der Waals surface area contributed by atoms with E-state index >= 15 is 0 Å². The van der Waals surface area contributed by atoms with Gasteiger partial charge in [-0.3, -0.25) is 9.78 Å². The van der Waals surface area contributed by atoms with E-state index in [-0.39, 0.29) is 18.0 Å². The minimum Gasteiger partial charge on any atom is -0.454 e. The molecule has 1 N–H and O–H groups in total. The van der Waals surface area contributed by atoms with Gasteiger partial charge in [0.1, 0.15) is 0 Å². The number of nitrogens with one attached hydrogen (secondary N) is 1. The molecule has 0 radical (unpaired) electrons. The largest absolute Gasteiger partial charge is 0.454 e. The molecule has 1 aliphatic rings. The molecule has 8 nitrogen and oxygen atoms in total. The molecule has 3 heterocycles. The van der Waals surface area contributed by atoms with Crippen LogP contribution in [0.15, 0.2) is 47.9 Å². The van der Waals surface area contributed by atoms with Crippen LogP contribution in [0, 0.1) is 0 Å². The molecule has 9 heteroatoms. The molecule has 0 saturated heterocycles. The van der Waals surface area contributed by atoms with E-state index in [1.54, 1.807) is 12.4 Å². The smallest absolute Gasteiger partial charge is 0.233 e. The van der Waals surface area contributed by atoms with Crippen molar-refractivity contribution in [2.24, 2.45) is 7.05 Å². The standard InChI is InChI=1S/C19H19N5O3S/c1-12(18(25)21-10-13-3-4-15-16(9-13)27-11-26-15)28-19-23-22-17(24(19)2)14-5-7-20-8-6-14/h3-9,12H,10-11H2,1-2H3,(H,21,25). The highest BCUT2D eigenvalue weighted by Gasteiger charge is 2.20. The maximum atomic E-state index is 12.5. The molecule has 1 atom stereocenters. The fourth-order valence-electron chi connectivity index (χ4n) is 2.77. The zero-order valence-corrected chi connectivity index (χ0v) is 16.3. The molecule has 0 saturated carbocycles. The van der Waals surface area contributed by atoms with Crippen molar-refractivity contribution in [3.8, 4) is 22.9 Å². The molecule has 1 amide bonds. The Labute approximate surface area is 166 Å². The Kier molecular flexibility index (Phi) is 5.16. The van der Waals surface area contributed by atoms with E-state index in [4.69, 9.17) is 9.47 Å². The topological polar surface area (TPSA) is 91.2 Å². The number of carbonyl (C=O) groups is 1. The van der Waals surface area contributed by atoms with Crippen molar-refractivity contribution in [2.75, 3.05) is 6.79 Å². The van der Waals surface area contributed by atoms with E-state index in [1.165, 1.54) is 11.8 Å². The molecule has 28 heavy (non-hydrogen) atoms. The highest BCUT2D eigenvalue weighted by molar-refractivity contribution is 8.00. The maximum Gasteiger partial charge on any atom is 0.233 e. The van der Waals surface area contributed by atoms with Crippen LogP contribution in [0.2, 0.25) is 0 Å². The summed E-state index contributed by atoms with van der Waals surface area (Å²) in [6.45, 7) is 2.50. The third-order valence-corrected chi connectivity index (χ3v) is 5.46. The zero-order valence-electron chi connectivity index (χ0n) is 15.5. The lowest BCUT2D eigenvalue weighted by atomic mass is 10.2. The predicted molar refractivity (Wildman–Crippen MR) is 104 cm³/mol. The summed E-state index contributed by atoms with van der Waals surface area (Å²) >= 11 is 1.37. The van der Waals surface area contributed by atoms with Crippen LogP contribution in [0.5, 0.6) is 11.5 Å². The van der Waals surface area contributed by atoms with Crippen LogP contribution >= 0.6 is 11.8 Å². The highest BCUT2D eigenvalue weighted by Crippen LogP contribution is 2.32. The molecule has 1 unspecified atom stereocenters. The Hall–Kier alpha value is -3.07. The molecule has 0 aliphatic carbocycles. The summed E-state index contributed by atoms with van der Waals surface area (Å²) in [7, 11) is 1.88. The number of aromatic nitrogens is 4. The molecule has 0 bridgehead atoms.